The van der Waals surface area contributed by atoms with Crippen LogP contribution in [0.2, 0.25) is 0 Å². The molecule has 0 aromatic carbocycles. The molecule has 1 aliphatic carbocycles. The van der Waals surface area contributed by atoms with Gasteiger partial charge in [0.15, 0.2) is 0 Å². The normalized spacial score (nSPS) is 27.1. The van der Waals surface area contributed by atoms with Crippen LogP contribution in [0.5, 0.6) is 0 Å². The maximum absolute atomic E-state index is 12.0. The van der Waals surface area contributed by atoms with E-state index in [1.807, 2.05) is 0 Å². The van der Waals surface area contributed by atoms with Crippen molar-refractivity contribution < 1.29 is 4.79 Å². The zero-order valence-electron chi connectivity index (χ0n) is 10.8. The van der Waals surface area contributed by atoms with Crippen LogP contribution in [0.1, 0.15) is 43.6 Å². The molecule has 0 aliphatic heterocycles. The summed E-state index contributed by atoms with van der Waals surface area (Å²) < 4.78 is 0. The molecule has 0 radical (unpaired) electrons. The quantitative estimate of drug-likeness (QED) is 0.848. The van der Waals surface area contributed by atoms with Gasteiger partial charge in [-0.3, -0.25) is 9.59 Å². The smallest absolute Gasteiger partial charge is 0.271 e. The molecule has 3 unspecified atom stereocenters. The van der Waals surface area contributed by atoms with Crippen molar-refractivity contribution in [3.63, 3.8) is 0 Å². The first-order chi connectivity index (χ1) is 8.61. The third-order valence-electron chi connectivity index (χ3n) is 3.98. The van der Waals surface area contributed by atoms with Gasteiger partial charge in [-0.2, -0.15) is 5.10 Å². The monoisotopic (exact) mass is 249 g/mol. The molecule has 5 heteroatoms. The average molecular weight is 249 g/mol. The highest BCUT2D eigenvalue weighted by Crippen LogP contribution is 2.33. The molecule has 1 heterocycles. The molecule has 98 valence electrons. The van der Waals surface area contributed by atoms with Crippen molar-refractivity contribution in [3.8, 4) is 0 Å². The second-order valence-electron chi connectivity index (χ2n) is 4.99. The van der Waals surface area contributed by atoms with Crippen molar-refractivity contribution >= 4 is 5.91 Å². The number of nitrogens with one attached hydrogen (secondary N) is 2. The predicted molar refractivity (Wildman–Crippen MR) is 68.3 cm³/mol. The van der Waals surface area contributed by atoms with Crippen LogP contribution in [0.15, 0.2) is 16.9 Å². The Balaban J connectivity index is 2.00. The Morgan fingerprint density at radius 1 is 1.50 bits per heavy atom. The van der Waals surface area contributed by atoms with Gasteiger partial charge in [0.2, 0.25) is 0 Å². The number of rotatable bonds is 3. The minimum atomic E-state index is -0.299. The van der Waals surface area contributed by atoms with Gasteiger partial charge in [-0.15, -0.1) is 0 Å². The van der Waals surface area contributed by atoms with E-state index in [0.717, 1.165) is 12.8 Å². The molecule has 0 saturated heterocycles. The fourth-order valence-electron chi connectivity index (χ4n) is 2.74. The van der Waals surface area contributed by atoms with Crippen molar-refractivity contribution in [1.29, 1.82) is 0 Å². The van der Waals surface area contributed by atoms with Crippen LogP contribution in [0, 0.1) is 11.8 Å². The molecule has 1 aromatic heterocycles. The van der Waals surface area contributed by atoms with Crippen LogP contribution in [-0.4, -0.2) is 22.1 Å². The lowest BCUT2D eigenvalue weighted by molar-refractivity contribution is 0.0920. The summed E-state index contributed by atoms with van der Waals surface area (Å²) in [6.45, 7) is 4.38. The molecule has 18 heavy (non-hydrogen) atoms. The molecule has 1 amide bonds. The van der Waals surface area contributed by atoms with E-state index < -0.39 is 0 Å². The minimum Gasteiger partial charge on any atom is -0.348 e. The number of hydrogen-bond acceptors (Lipinski definition) is 3. The first-order valence-electron chi connectivity index (χ1n) is 6.48. The lowest BCUT2D eigenvalue weighted by atomic mass is 9.93. The molecule has 0 spiro atoms. The van der Waals surface area contributed by atoms with E-state index in [1.165, 1.54) is 18.6 Å². The van der Waals surface area contributed by atoms with Gasteiger partial charge in [0, 0.05) is 12.1 Å². The molecule has 0 bridgehead atoms. The number of amides is 1. The summed E-state index contributed by atoms with van der Waals surface area (Å²) in [6, 6.07) is 2.98. The molecule has 1 aromatic rings. The fourth-order valence-corrected chi connectivity index (χ4v) is 2.74. The highest BCUT2D eigenvalue weighted by Gasteiger charge is 2.32. The highest BCUT2D eigenvalue weighted by molar-refractivity contribution is 5.92. The Morgan fingerprint density at radius 2 is 2.28 bits per heavy atom. The molecular formula is C13H19N3O2. The van der Waals surface area contributed by atoms with Crippen molar-refractivity contribution in [2.45, 2.75) is 39.2 Å². The van der Waals surface area contributed by atoms with Gasteiger partial charge in [-0.05, 0) is 30.7 Å². The van der Waals surface area contributed by atoms with Crippen LogP contribution in [-0.2, 0) is 0 Å². The highest BCUT2D eigenvalue weighted by atomic mass is 16.2. The summed E-state index contributed by atoms with van der Waals surface area (Å²) >= 11 is 0. The largest absolute Gasteiger partial charge is 0.348 e. The van der Waals surface area contributed by atoms with E-state index in [4.69, 9.17) is 0 Å². The van der Waals surface area contributed by atoms with Gasteiger partial charge in [-0.25, -0.2) is 5.10 Å². The second kappa shape index (κ2) is 5.33. The molecule has 2 N–H and O–H groups in total. The van der Waals surface area contributed by atoms with Crippen molar-refractivity contribution in [3.05, 3.63) is 28.2 Å². The molecule has 5 nitrogen and oxygen atoms in total. The molecule has 1 saturated carbocycles. The van der Waals surface area contributed by atoms with Crippen LogP contribution in [0.4, 0.5) is 0 Å². The van der Waals surface area contributed by atoms with Crippen LogP contribution in [0.25, 0.3) is 0 Å². The Labute approximate surface area is 106 Å². The second-order valence-corrected chi connectivity index (χ2v) is 4.99. The number of carbonyl (C=O) groups excluding carboxylic acids is 1. The summed E-state index contributed by atoms with van der Waals surface area (Å²) in [5.74, 6) is 0.986. The van der Waals surface area contributed by atoms with Crippen LogP contribution in [0.3, 0.4) is 0 Å². The van der Waals surface area contributed by atoms with Gasteiger partial charge >= 0.3 is 0 Å². The van der Waals surface area contributed by atoms with E-state index in [2.05, 4.69) is 29.4 Å². The fraction of sp³-hybridized carbons (Fsp3) is 0.615. The Hall–Kier alpha value is -1.65. The Kier molecular flexibility index (Phi) is 3.79. The zero-order valence-corrected chi connectivity index (χ0v) is 10.8. The summed E-state index contributed by atoms with van der Waals surface area (Å²) in [6.07, 6.45) is 3.35. The van der Waals surface area contributed by atoms with E-state index in [9.17, 15) is 9.59 Å². The van der Waals surface area contributed by atoms with Crippen molar-refractivity contribution in [1.82, 2.24) is 15.5 Å². The molecule has 3 atom stereocenters. The number of aromatic nitrogens is 2. The zero-order chi connectivity index (χ0) is 13.1. The third kappa shape index (κ3) is 2.60. The Bertz CT molecular complexity index is 463. The maximum Gasteiger partial charge on any atom is 0.271 e. The van der Waals surface area contributed by atoms with Gasteiger partial charge in [0.25, 0.3) is 11.5 Å². The minimum absolute atomic E-state index is 0.208. The van der Waals surface area contributed by atoms with E-state index in [-0.39, 0.29) is 23.2 Å². The van der Waals surface area contributed by atoms with Crippen LogP contribution >= 0.6 is 0 Å². The van der Waals surface area contributed by atoms with Crippen LogP contribution < -0.4 is 10.9 Å². The number of aromatic amines is 1. The SMILES string of the molecule is CCC1CCC(NC(=O)c2ccc(=O)[nH]n2)C1C. The first-order valence-corrected chi connectivity index (χ1v) is 6.48. The van der Waals surface area contributed by atoms with E-state index in [0.29, 0.717) is 11.8 Å². The topological polar surface area (TPSA) is 74.8 Å². The van der Waals surface area contributed by atoms with Crippen molar-refractivity contribution in [2.24, 2.45) is 11.8 Å². The average Bonchev–Trinajstić information content (AvgIpc) is 2.71. The number of nitrogens with zero attached hydrogens (tertiary/aromatic N) is 1. The summed E-state index contributed by atoms with van der Waals surface area (Å²) in [7, 11) is 0. The first kappa shape index (κ1) is 12.8. The van der Waals surface area contributed by atoms with Gasteiger partial charge in [0.1, 0.15) is 5.69 Å². The van der Waals surface area contributed by atoms with Gasteiger partial charge in [0.05, 0.1) is 0 Å². The van der Waals surface area contributed by atoms with Crippen molar-refractivity contribution in [2.75, 3.05) is 0 Å². The lowest BCUT2D eigenvalue weighted by Crippen LogP contribution is -2.38. The standard InChI is InChI=1S/C13H19N3O2/c1-3-9-4-5-10(8(9)2)14-13(18)11-6-7-12(17)16-15-11/h6-10H,3-5H2,1-2H3,(H,14,18)(H,16,17). The maximum atomic E-state index is 12.0. The summed E-state index contributed by atoms with van der Waals surface area (Å²) in [5.41, 5.74) is -0.0337. The van der Waals surface area contributed by atoms with Gasteiger partial charge in [-0.1, -0.05) is 20.3 Å². The summed E-state index contributed by atoms with van der Waals surface area (Å²) in [4.78, 5) is 22.8. The lowest BCUT2D eigenvalue weighted by Gasteiger charge is -2.20. The number of H-pyrrole nitrogens is 1. The van der Waals surface area contributed by atoms with E-state index in [1.54, 1.807) is 0 Å². The van der Waals surface area contributed by atoms with E-state index >= 15 is 0 Å². The molecule has 1 aliphatic rings. The number of carbonyl (C=O) groups is 1. The number of hydrogen-bond donors (Lipinski definition) is 2. The molecular weight excluding hydrogens is 230 g/mol. The molecule has 2 rings (SSSR count). The van der Waals surface area contributed by atoms with Gasteiger partial charge < -0.3 is 5.32 Å². The Morgan fingerprint density at radius 3 is 2.83 bits per heavy atom. The summed E-state index contributed by atoms with van der Waals surface area (Å²) in [5, 5.41) is 9.01. The third-order valence-corrected chi connectivity index (χ3v) is 3.98. The molecule has 1 fully saturated rings. The predicted octanol–water partition coefficient (Wildman–Crippen LogP) is 1.32.